The molecule has 0 bridgehead atoms. The van der Waals surface area contributed by atoms with Crippen LogP contribution in [0.2, 0.25) is 0 Å². The summed E-state index contributed by atoms with van der Waals surface area (Å²) in [4.78, 5) is 12.4. The maximum Gasteiger partial charge on any atom is 0.223 e. The fourth-order valence-electron chi connectivity index (χ4n) is 2.01. The second-order valence-electron chi connectivity index (χ2n) is 4.70. The largest absolute Gasteiger partial charge is 0.353 e. The molecule has 0 aromatic heterocycles. The predicted molar refractivity (Wildman–Crippen MR) is 73.9 cm³/mol. The minimum Gasteiger partial charge on any atom is -0.353 e. The first-order chi connectivity index (χ1) is 7.51. The highest BCUT2D eigenvalue weighted by atomic mass is 79.9. The molecule has 0 aliphatic heterocycles. The van der Waals surface area contributed by atoms with Gasteiger partial charge in [0.25, 0.3) is 0 Å². The summed E-state index contributed by atoms with van der Waals surface area (Å²) >= 11 is 3.51. The number of carbonyl (C=O) groups is 1. The van der Waals surface area contributed by atoms with Gasteiger partial charge in [-0.3, -0.25) is 4.79 Å². The van der Waals surface area contributed by atoms with E-state index in [2.05, 4.69) is 48.9 Å². The zero-order chi connectivity index (χ0) is 12.6. The van der Waals surface area contributed by atoms with E-state index in [1.54, 1.807) is 0 Å². The summed E-state index contributed by atoms with van der Waals surface area (Å²) in [6.07, 6.45) is 5.17. The predicted octanol–water partition coefficient (Wildman–Crippen LogP) is 3.88. The smallest absolute Gasteiger partial charge is 0.223 e. The molecule has 2 nitrogen and oxygen atoms in total. The van der Waals surface area contributed by atoms with E-state index in [1.807, 2.05) is 0 Å². The topological polar surface area (TPSA) is 29.1 Å². The maximum absolute atomic E-state index is 12.0. The first-order valence-electron chi connectivity index (χ1n) is 6.45. The summed E-state index contributed by atoms with van der Waals surface area (Å²) in [5.41, 5.74) is 0. The fourth-order valence-corrected chi connectivity index (χ4v) is 2.57. The van der Waals surface area contributed by atoms with Gasteiger partial charge in [0, 0.05) is 16.8 Å². The molecule has 16 heavy (non-hydrogen) atoms. The highest BCUT2D eigenvalue weighted by molar-refractivity contribution is 9.09. The Morgan fingerprint density at radius 1 is 1.19 bits per heavy atom. The lowest BCUT2D eigenvalue weighted by Gasteiger charge is -2.20. The summed E-state index contributed by atoms with van der Waals surface area (Å²) < 4.78 is 0. The summed E-state index contributed by atoms with van der Waals surface area (Å²) in [7, 11) is 0. The Morgan fingerprint density at radius 2 is 1.69 bits per heavy atom. The Kier molecular flexibility index (Phi) is 9.00. The molecule has 0 saturated heterocycles. The zero-order valence-electron chi connectivity index (χ0n) is 11.1. The quantitative estimate of drug-likeness (QED) is 0.676. The van der Waals surface area contributed by atoms with Gasteiger partial charge in [-0.2, -0.15) is 0 Å². The monoisotopic (exact) mass is 291 g/mol. The van der Waals surface area contributed by atoms with E-state index in [1.165, 1.54) is 0 Å². The van der Waals surface area contributed by atoms with Gasteiger partial charge in [-0.05, 0) is 26.2 Å². The third kappa shape index (κ3) is 7.26. The van der Waals surface area contributed by atoms with Crippen LogP contribution in [0.3, 0.4) is 0 Å². The van der Waals surface area contributed by atoms with E-state index in [0.717, 1.165) is 32.1 Å². The molecule has 1 amide bonds. The van der Waals surface area contributed by atoms with Crippen LogP contribution in [0.15, 0.2) is 0 Å². The van der Waals surface area contributed by atoms with E-state index in [4.69, 9.17) is 0 Å². The van der Waals surface area contributed by atoms with Crippen LogP contribution in [0.1, 0.15) is 59.8 Å². The Balaban J connectivity index is 4.07. The molecule has 0 aliphatic carbocycles. The van der Waals surface area contributed by atoms with Gasteiger partial charge in [-0.1, -0.05) is 49.5 Å². The van der Waals surface area contributed by atoms with Crippen molar-refractivity contribution in [1.82, 2.24) is 5.32 Å². The lowest BCUT2D eigenvalue weighted by atomic mass is 9.97. The third-order valence-corrected chi connectivity index (χ3v) is 3.09. The van der Waals surface area contributed by atoms with Crippen molar-refractivity contribution in [3.05, 3.63) is 0 Å². The third-order valence-electron chi connectivity index (χ3n) is 2.71. The molecular weight excluding hydrogens is 266 g/mol. The van der Waals surface area contributed by atoms with Crippen LogP contribution in [0.4, 0.5) is 0 Å². The molecule has 0 aromatic rings. The normalized spacial score (nSPS) is 14.9. The number of hydrogen-bond acceptors (Lipinski definition) is 1. The van der Waals surface area contributed by atoms with Gasteiger partial charge in [0.1, 0.15) is 0 Å². The second kappa shape index (κ2) is 9.03. The number of nitrogens with one attached hydrogen (secondary N) is 1. The maximum atomic E-state index is 12.0. The molecule has 3 heteroatoms. The summed E-state index contributed by atoms with van der Waals surface area (Å²) in [5, 5.41) is 3.11. The van der Waals surface area contributed by atoms with Crippen LogP contribution in [0.25, 0.3) is 0 Å². The van der Waals surface area contributed by atoms with Crippen LogP contribution in [-0.4, -0.2) is 16.8 Å². The van der Waals surface area contributed by atoms with Crippen LogP contribution < -0.4 is 5.32 Å². The number of hydrogen-bond donors (Lipinski definition) is 1. The fraction of sp³-hybridized carbons (Fsp3) is 0.923. The minimum atomic E-state index is 0.211. The lowest BCUT2D eigenvalue weighted by Crippen LogP contribution is -2.38. The first kappa shape index (κ1) is 16.0. The minimum absolute atomic E-state index is 0.211. The molecule has 0 aromatic carbocycles. The second-order valence-corrected chi connectivity index (χ2v) is 6.26. The van der Waals surface area contributed by atoms with Crippen molar-refractivity contribution in [2.75, 3.05) is 0 Å². The molecule has 2 unspecified atom stereocenters. The van der Waals surface area contributed by atoms with E-state index >= 15 is 0 Å². The van der Waals surface area contributed by atoms with Crippen molar-refractivity contribution in [2.45, 2.75) is 70.7 Å². The number of rotatable bonds is 8. The van der Waals surface area contributed by atoms with E-state index in [0.29, 0.717) is 4.83 Å². The van der Waals surface area contributed by atoms with E-state index < -0.39 is 0 Å². The zero-order valence-corrected chi connectivity index (χ0v) is 12.6. The van der Waals surface area contributed by atoms with Gasteiger partial charge in [0.05, 0.1) is 0 Å². The molecule has 96 valence electrons. The molecule has 0 radical (unpaired) electrons. The van der Waals surface area contributed by atoms with Gasteiger partial charge >= 0.3 is 0 Å². The SMILES string of the molecule is CCCC(CCC)C(=O)NC(C)CC(C)Br. The molecule has 1 N–H and O–H groups in total. The Labute approximate surface area is 109 Å². The van der Waals surface area contributed by atoms with E-state index in [9.17, 15) is 4.79 Å². The van der Waals surface area contributed by atoms with Crippen molar-refractivity contribution in [2.24, 2.45) is 5.92 Å². The van der Waals surface area contributed by atoms with Gasteiger partial charge in [0.2, 0.25) is 5.91 Å². The number of alkyl halides is 1. The number of halogens is 1. The molecule has 0 saturated carbocycles. The van der Waals surface area contributed by atoms with Crippen molar-refractivity contribution in [3.8, 4) is 0 Å². The summed E-state index contributed by atoms with van der Waals surface area (Å²) in [6.45, 7) is 8.46. The van der Waals surface area contributed by atoms with Gasteiger partial charge in [-0.25, -0.2) is 0 Å². The number of carbonyl (C=O) groups excluding carboxylic acids is 1. The standard InChI is InChI=1S/C13H26BrNO/c1-5-7-12(8-6-2)13(16)15-11(4)9-10(3)14/h10-12H,5-9H2,1-4H3,(H,15,16). The van der Waals surface area contributed by atoms with Crippen LogP contribution in [0.5, 0.6) is 0 Å². The molecule has 0 fully saturated rings. The number of amides is 1. The average molecular weight is 292 g/mol. The molecule has 0 heterocycles. The molecule has 2 atom stereocenters. The average Bonchev–Trinajstić information content (AvgIpc) is 2.15. The Hall–Kier alpha value is -0.0500. The summed E-state index contributed by atoms with van der Waals surface area (Å²) in [5.74, 6) is 0.451. The lowest BCUT2D eigenvalue weighted by molar-refractivity contribution is -0.126. The van der Waals surface area contributed by atoms with Crippen LogP contribution in [0, 0.1) is 5.92 Å². The highest BCUT2D eigenvalue weighted by Crippen LogP contribution is 2.15. The highest BCUT2D eigenvalue weighted by Gasteiger charge is 2.18. The molecule has 0 rings (SSSR count). The van der Waals surface area contributed by atoms with Crippen molar-refractivity contribution in [1.29, 1.82) is 0 Å². The molecular formula is C13H26BrNO. The van der Waals surface area contributed by atoms with Gasteiger partial charge < -0.3 is 5.32 Å². The molecule has 0 aliphatic rings. The van der Waals surface area contributed by atoms with Gasteiger partial charge in [-0.15, -0.1) is 0 Å². The molecule has 0 spiro atoms. The van der Waals surface area contributed by atoms with Crippen molar-refractivity contribution in [3.63, 3.8) is 0 Å². The van der Waals surface area contributed by atoms with Gasteiger partial charge in [0.15, 0.2) is 0 Å². The first-order valence-corrected chi connectivity index (χ1v) is 7.37. The van der Waals surface area contributed by atoms with Crippen molar-refractivity contribution < 1.29 is 4.79 Å². The summed E-state index contributed by atoms with van der Waals surface area (Å²) in [6, 6.07) is 0.262. The Bertz CT molecular complexity index is 188. The Morgan fingerprint density at radius 3 is 2.06 bits per heavy atom. The van der Waals surface area contributed by atoms with Crippen LogP contribution in [-0.2, 0) is 4.79 Å². The van der Waals surface area contributed by atoms with E-state index in [-0.39, 0.29) is 17.9 Å². The van der Waals surface area contributed by atoms with Crippen molar-refractivity contribution >= 4 is 21.8 Å². The van der Waals surface area contributed by atoms with Crippen LogP contribution >= 0.6 is 15.9 Å².